The summed E-state index contributed by atoms with van der Waals surface area (Å²) in [5.41, 5.74) is 0.500. The molecule has 7 nitrogen and oxygen atoms in total. The molecule has 0 saturated carbocycles. The summed E-state index contributed by atoms with van der Waals surface area (Å²) in [6, 6.07) is 5.91. The molecule has 2 aromatic heterocycles. The van der Waals surface area contributed by atoms with E-state index in [2.05, 4.69) is 5.32 Å². The van der Waals surface area contributed by atoms with Gasteiger partial charge in [0.15, 0.2) is 0 Å². The molecule has 1 aliphatic rings. The lowest BCUT2D eigenvalue weighted by atomic mass is 9.92. The van der Waals surface area contributed by atoms with Crippen LogP contribution in [0, 0.1) is 13.8 Å². The van der Waals surface area contributed by atoms with E-state index >= 15 is 0 Å². The third-order valence-electron chi connectivity index (χ3n) is 5.56. The Morgan fingerprint density at radius 3 is 2.43 bits per heavy atom. The second kappa shape index (κ2) is 7.02. The fraction of sp³-hybridized carbons (Fsp3) is 0.318. The number of furan rings is 1. The van der Waals surface area contributed by atoms with Gasteiger partial charge in [-0.25, -0.2) is 9.59 Å². The highest BCUT2D eigenvalue weighted by atomic mass is 35.5. The van der Waals surface area contributed by atoms with E-state index in [1.807, 2.05) is 6.92 Å². The minimum Gasteiger partial charge on any atom is -0.466 e. The minimum atomic E-state index is -1.25. The van der Waals surface area contributed by atoms with Crippen molar-refractivity contribution in [2.24, 2.45) is 0 Å². The summed E-state index contributed by atoms with van der Waals surface area (Å²) in [5, 5.41) is 3.88. The van der Waals surface area contributed by atoms with Crippen LogP contribution in [0.15, 0.2) is 37.9 Å². The van der Waals surface area contributed by atoms with E-state index in [4.69, 9.17) is 20.4 Å². The van der Waals surface area contributed by atoms with E-state index in [1.54, 1.807) is 39.0 Å². The molecule has 1 aliphatic heterocycles. The van der Waals surface area contributed by atoms with Crippen molar-refractivity contribution in [3.05, 3.63) is 67.9 Å². The fourth-order valence-electron chi connectivity index (χ4n) is 4.01. The van der Waals surface area contributed by atoms with Gasteiger partial charge in [-0.05, 0) is 56.5 Å². The van der Waals surface area contributed by atoms with Crippen LogP contribution in [0.3, 0.4) is 0 Å². The summed E-state index contributed by atoms with van der Waals surface area (Å²) in [5.74, 6) is 0.793. The highest BCUT2D eigenvalue weighted by Crippen LogP contribution is 2.34. The monoisotopic (exact) mass is 428 g/mol. The van der Waals surface area contributed by atoms with Crippen molar-refractivity contribution in [1.82, 2.24) is 10.2 Å². The Morgan fingerprint density at radius 2 is 1.80 bits per heavy atom. The molecular weight excluding hydrogens is 408 g/mol. The van der Waals surface area contributed by atoms with Gasteiger partial charge < -0.3 is 14.2 Å². The number of carbonyl (C=O) groups excluding carboxylic acids is 2. The third kappa shape index (κ3) is 3.10. The summed E-state index contributed by atoms with van der Waals surface area (Å²) < 4.78 is 10.9. The average molecular weight is 429 g/mol. The Balaban J connectivity index is 1.76. The predicted molar refractivity (Wildman–Crippen MR) is 111 cm³/mol. The van der Waals surface area contributed by atoms with Gasteiger partial charge in [0.25, 0.3) is 5.91 Å². The van der Waals surface area contributed by atoms with Gasteiger partial charge in [-0.1, -0.05) is 18.5 Å². The zero-order valence-electron chi connectivity index (χ0n) is 17.1. The number of carbonyl (C=O) groups is 2. The van der Waals surface area contributed by atoms with Crippen molar-refractivity contribution in [1.29, 1.82) is 0 Å². The Hall–Kier alpha value is -3.06. The molecular formula is C22H21ClN2O5. The number of nitrogens with one attached hydrogen (secondary N) is 1. The van der Waals surface area contributed by atoms with Crippen LogP contribution in [0.5, 0.6) is 0 Å². The van der Waals surface area contributed by atoms with Gasteiger partial charge in [-0.2, -0.15) is 0 Å². The number of nitrogens with zero attached hydrogens (tertiary/aromatic N) is 1. The van der Waals surface area contributed by atoms with Crippen molar-refractivity contribution in [2.45, 2.75) is 46.2 Å². The molecule has 0 bridgehead atoms. The molecule has 1 saturated heterocycles. The lowest BCUT2D eigenvalue weighted by molar-refractivity contribution is -0.131. The first-order valence-corrected chi connectivity index (χ1v) is 9.98. The van der Waals surface area contributed by atoms with Gasteiger partial charge in [-0.3, -0.25) is 9.69 Å². The molecule has 1 fully saturated rings. The van der Waals surface area contributed by atoms with Crippen LogP contribution in [0.1, 0.15) is 42.1 Å². The molecule has 156 valence electrons. The van der Waals surface area contributed by atoms with Crippen LogP contribution in [0.2, 0.25) is 5.02 Å². The molecule has 1 aromatic carbocycles. The molecule has 3 heterocycles. The van der Waals surface area contributed by atoms with E-state index in [0.29, 0.717) is 45.1 Å². The van der Waals surface area contributed by atoms with Crippen LogP contribution in [-0.4, -0.2) is 16.8 Å². The van der Waals surface area contributed by atoms with Crippen LogP contribution in [0.25, 0.3) is 11.0 Å². The van der Waals surface area contributed by atoms with Gasteiger partial charge in [-0.15, -0.1) is 0 Å². The lowest BCUT2D eigenvalue weighted by Crippen LogP contribution is -2.41. The molecule has 0 spiro atoms. The average Bonchev–Trinajstić information content (AvgIpc) is 3.13. The number of imide groups is 1. The molecule has 3 aromatic rings. The van der Waals surface area contributed by atoms with Crippen molar-refractivity contribution >= 4 is 34.5 Å². The number of benzene rings is 1. The molecule has 0 aliphatic carbocycles. The normalized spacial score (nSPS) is 19.0. The van der Waals surface area contributed by atoms with Crippen molar-refractivity contribution in [3.63, 3.8) is 0 Å². The summed E-state index contributed by atoms with van der Waals surface area (Å²) >= 11 is 6.34. The summed E-state index contributed by atoms with van der Waals surface area (Å²) in [6.07, 6.45) is 0.678. The maximum absolute atomic E-state index is 13.3. The van der Waals surface area contributed by atoms with Gasteiger partial charge >= 0.3 is 11.7 Å². The quantitative estimate of drug-likeness (QED) is 0.497. The van der Waals surface area contributed by atoms with E-state index in [-0.39, 0.29) is 6.54 Å². The molecule has 30 heavy (non-hydrogen) atoms. The number of aryl methyl sites for hydroxylation is 3. The number of urea groups is 1. The zero-order valence-corrected chi connectivity index (χ0v) is 17.8. The Bertz CT molecular complexity index is 1260. The van der Waals surface area contributed by atoms with E-state index in [1.165, 1.54) is 6.07 Å². The van der Waals surface area contributed by atoms with Crippen molar-refractivity contribution in [3.8, 4) is 0 Å². The first kappa shape index (κ1) is 20.2. The molecule has 3 amide bonds. The maximum atomic E-state index is 13.3. The van der Waals surface area contributed by atoms with Crippen LogP contribution >= 0.6 is 11.6 Å². The lowest BCUT2D eigenvalue weighted by Gasteiger charge is -2.21. The van der Waals surface area contributed by atoms with Gasteiger partial charge in [0.05, 0.1) is 6.54 Å². The van der Waals surface area contributed by atoms with Crippen molar-refractivity contribution in [2.75, 3.05) is 0 Å². The molecule has 1 atom stereocenters. The van der Waals surface area contributed by atoms with Crippen LogP contribution in [0.4, 0.5) is 4.79 Å². The first-order chi connectivity index (χ1) is 14.1. The van der Waals surface area contributed by atoms with E-state index < -0.39 is 23.1 Å². The Morgan fingerprint density at radius 1 is 1.07 bits per heavy atom. The smallest absolute Gasteiger partial charge is 0.336 e. The highest BCUT2D eigenvalue weighted by molar-refractivity contribution is 6.32. The standard InChI is InChI=1S/C22H21ClN2O5/c1-5-13-7-18-15(9-17(13)23)14(8-19(26)30-18)10-25-20(27)22(4,24-21(25)28)16-6-11(2)29-12(16)3/h6-9H,5,10H2,1-4H3,(H,24,28). The number of hydrogen-bond acceptors (Lipinski definition) is 5. The van der Waals surface area contributed by atoms with Gasteiger partial charge in [0.1, 0.15) is 22.6 Å². The SMILES string of the molecule is CCc1cc2oc(=O)cc(CN3C(=O)NC(C)(c4cc(C)oc4C)C3=O)c2cc1Cl. The summed E-state index contributed by atoms with van der Waals surface area (Å²) in [6.45, 7) is 7.04. The first-order valence-electron chi connectivity index (χ1n) is 9.60. The zero-order chi connectivity index (χ0) is 21.8. The Kier molecular flexibility index (Phi) is 4.73. The van der Waals surface area contributed by atoms with Gasteiger partial charge in [0, 0.05) is 22.0 Å². The maximum Gasteiger partial charge on any atom is 0.336 e. The topological polar surface area (TPSA) is 92.8 Å². The summed E-state index contributed by atoms with van der Waals surface area (Å²) in [4.78, 5) is 39.2. The van der Waals surface area contributed by atoms with E-state index in [9.17, 15) is 14.4 Å². The molecule has 1 N–H and O–H groups in total. The minimum absolute atomic E-state index is 0.0833. The highest BCUT2D eigenvalue weighted by Gasteiger charge is 2.50. The second-order valence-electron chi connectivity index (χ2n) is 7.66. The number of fused-ring (bicyclic) bond motifs is 1. The van der Waals surface area contributed by atoms with Crippen molar-refractivity contribution < 1.29 is 18.4 Å². The van der Waals surface area contributed by atoms with Crippen LogP contribution < -0.4 is 10.9 Å². The Labute approximate surface area is 177 Å². The third-order valence-corrected chi connectivity index (χ3v) is 5.91. The second-order valence-corrected chi connectivity index (χ2v) is 8.06. The number of hydrogen-bond donors (Lipinski definition) is 1. The molecule has 8 heteroatoms. The molecule has 4 rings (SSSR count). The molecule has 1 unspecified atom stereocenters. The van der Waals surface area contributed by atoms with Gasteiger partial charge in [0.2, 0.25) is 0 Å². The number of amides is 3. The predicted octanol–water partition coefficient (Wildman–Crippen LogP) is 4.19. The van der Waals surface area contributed by atoms with Crippen LogP contribution in [-0.2, 0) is 23.3 Å². The summed E-state index contributed by atoms with van der Waals surface area (Å²) in [7, 11) is 0. The largest absolute Gasteiger partial charge is 0.466 e. The fourth-order valence-corrected chi connectivity index (χ4v) is 4.31. The molecule has 0 radical (unpaired) electrons. The van der Waals surface area contributed by atoms with E-state index in [0.717, 1.165) is 10.5 Å². The number of rotatable bonds is 4. The number of halogens is 1.